The number of likely N-dealkylation sites (N-methyl/N-ethyl adjacent to an activating group) is 1. The van der Waals surface area contributed by atoms with E-state index in [0.29, 0.717) is 23.4 Å². The van der Waals surface area contributed by atoms with Gasteiger partial charge in [-0.25, -0.2) is 4.79 Å². The lowest BCUT2D eigenvalue weighted by atomic mass is 10.0. The first-order valence-electron chi connectivity index (χ1n) is 12.6. The minimum atomic E-state index is -0.397. The molecule has 0 saturated carbocycles. The van der Waals surface area contributed by atoms with E-state index in [4.69, 9.17) is 0 Å². The predicted octanol–water partition coefficient (Wildman–Crippen LogP) is 4.36. The molecule has 0 aliphatic heterocycles. The SMILES string of the molecule is CN(C)CCc1c[nH]c2ccc(Cc3[nH]c(=O)n(Cc4cccc(C(=O)Nc5ccccc5)c4)c3O)cc12. The molecular weight excluding hydrogens is 478 g/mol. The van der Waals surface area contributed by atoms with E-state index in [1.807, 2.05) is 54.7 Å². The van der Waals surface area contributed by atoms with Gasteiger partial charge in [-0.05, 0) is 73.6 Å². The molecule has 5 rings (SSSR count). The van der Waals surface area contributed by atoms with E-state index >= 15 is 0 Å². The number of anilines is 1. The molecule has 3 aromatic carbocycles. The van der Waals surface area contributed by atoms with Gasteiger partial charge in [0.05, 0.1) is 12.2 Å². The number of imidazole rings is 1. The van der Waals surface area contributed by atoms with Crippen molar-refractivity contribution in [2.75, 3.05) is 26.0 Å². The molecule has 0 saturated heterocycles. The minimum absolute atomic E-state index is 0.101. The zero-order chi connectivity index (χ0) is 26.6. The number of fused-ring (bicyclic) bond motifs is 1. The quantitative estimate of drug-likeness (QED) is 0.237. The fraction of sp³-hybridized carbons (Fsp3) is 0.200. The van der Waals surface area contributed by atoms with Gasteiger partial charge in [-0.1, -0.05) is 36.4 Å². The zero-order valence-electron chi connectivity index (χ0n) is 21.5. The molecule has 0 bridgehead atoms. The molecule has 4 N–H and O–H groups in total. The number of hydrogen-bond acceptors (Lipinski definition) is 4. The maximum atomic E-state index is 12.7. The van der Waals surface area contributed by atoms with Crippen molar-refractivity contribution in [1.82, 2.24) is 19.4 Å². The summed E-state index contributed by atoms with van der Waals surface area (Å²) in [5.41, 5.74) is 5.26. The Labute approximate surface area is 220 Å². The van der Waals surface area contributed by atoms with Crippen molar-refractivity contribution in [1.29, 1.82) is 0 Å². The highest BCUT2D eigenvalue weighted by molar-refractivity contribution is 6.04. The van der Waals surface area contributed by atoms with Crippen LogP contribution in [0.1, 0.15) is 32.7 Å². The molecule has 0 spiro atoms. The van der Waals surface area contributed by atoms with Crippen LogP contribution in [0.2, 0.25) is 0 Å². The standard InChI is InChI=1S/C30H31N5O3/c1-34(2)14-13-23-18-31-26-12-11-20(16-25(23)26)17-27-29(37)35(30(38)33-27)19-21-7-6-8-22(15-21)28(36)32-24-9-4-3-5-10-24/h3-12,15-16,18,31,37H,13-14,17,19H2,1-2H3,(H,32,36)(H,33,38). The number of benzene rings is 3. The monoisotopic (exact) mass is 509 g/mol. The summed E-state index contributed by atoms with van der Waals surface area (Å²) in [4.78, 5) is 33.7. The van der Waals surface area contributed by atoms with Gasteiger partial charge < -0.3 is 25.3 Å². The average molecular weight is 510 g/mol. The summed E-state index contributed by atoms with van der Waals surface area (Å²) in [5.74, 6) is -0.342. The van der Waals surface area contributed by atoms with Crippen LogP contribution < -0.4 is 11.0 Å². The summed E-state index contributed by atoms with van der Waals surface area (Å²) in [7, 11) is 4.11. The van der Waals surface area contributed by atoms with Crippen LogP contribution in [0, 0.1) is 0 Å². The molecule has 0 unspecified atom stereocenters. The molecule has 5 aromatic rings. The summed E-state index contributed by atoms with van der Waals surface area (Å²) in [6, 6.07) is 22.4. The number of rotatable bonds is 9. The first-order chi connectivity index (χ1) is 18.4. The van der Waals surface area contributed by atoms with Crippen LogP contribution in [-0.4, -0.2) is 51.1 Å². The number of para-hydroxylation sites is 1. The summed E-state index contributed by atoms with van der Waals surface area (Å²) in [6.07, 6.45) is 3.36. The summed E-state index contributed by atoms with van der Waals surface area (Å²) in [6.45, 7) is 1.09. The van der Waals surface area contributed by atoms with Gasteiger partial charge in [-0.15, -0.1) is 0 Å². The Balaban J connectivity index is 1.33. The van der Waals surface area contributed by atoms with Crippen LogP contribution in [0.3, 0.4) is 0 Å². The van der Waals surface area contributed by atoms with Crippen molar-refractivity contribution in [2.24, 2.45) is 0 Å². The zero-order valence-corrected chi connectivity index (χ0v) is 21.5. The lowest BCUT2D eigenvalue weighted by molar-refractivity contribution is 0.102. The van der Waals surface area contributed by atoms with E-state index in [-0.39, 0.29) is 18.3 Å². The Hall–Kier alpha value is -4.56. The van der Waals surface area contributed by atoms with Gasteiger partial charge in [0, 0.05) is 41.3 Å². The Morgan fingerprint density at radius 1 is 1.00 bits per heavy atom. The van der Waals surface area contributed by atoms with Gasteiger partial charge in [0.25, 0.3) is 5.91 Å². The van der Waals surface area contributed by atoms with Crippen molar-refractivity contribution < 1.29 is 9.90 Å². The van der Waals surface area contributed by atoms with E-state index < -0.39 is 5.69 Å². The van der Waals surface area contributed by atoms with E-state index in [2.05, 4.69) is 40.3 Å². The van der Waals surface area contributed by atoms with Gasteiger partial charge in [-0.3, -0.25) is 9.36 Å². The highest BCUT2D eigenvalue weighted by atomic mass is 16.3. The number of nitrogens with one attached hydrogen (secondary N) is 3. The molecule has 194 valence electrons. The third-order valence-corrected chi connectivity index (χ3v) is 6.63. The molecule has 0 radical (unpaired) electrons. The number of carbonyl (C=O) groups excluding carboxylic acids is 1. The highest BCUT2D eigenvalue weighted by Gasteiger charge is 2.16. The first-order valence-corrected chi connectivity index (χ1v) is 12.6. The Morgan fingerprint density at radius 2 is 1.82 bits per heavy atom. The maximum Gasteiger partial charge on any atom is 0.328 e. The third kappa shape index (κ3) is 5.55. The topological polar surface area (TPSA) is 106 Å². The number of nitrogens with zero attached hydrogens (tertiary/aromatic N) is 2. The van der Waals surface area contributed by atoms with Crippen LogP contribution in [0.15, 0.2) is 83.8 Å². The minimum Gasteiger partial charge on any atom is -0.493 e. The summed E-state index contributed by atoms with van der Waals surface area (Å²) < 4.78 is 1.29. The Morgan fingerprint density at radius 3 is 2.61 bits per heavy atom. The number of carbonyl (C=O) groups is 1. The molecule has 0 aliphatic rings. The van der Waals surface area contributed by atoms with Crippen LogP contribution in [0.25, 0.3) is 10.9 Å². The number of aromatic nitrogens is 3. The molecule has 8 nitrogen and oxygen atoms in total. The molecule has 38 heavy (non-hydrogen) atoms. The smallest absolute Gasteiger partial charge is 0.328 e. The van der Waals surface area contributed by atoms with E-state index in [1.54, 1.807) is 18.2 Å². The Kier molecular flexibility index (Phi) is 7.15. The van der Waals surface area contributed by atoms with Gasteiger partial charge in [0.2, 0.25) is 5.88 Å². The van der Waals surface area contributed by atoms with Crippen LogP contribution >= 0.6 is 0 Å². The molecule has 0 atom stereocenters. The van der Waals surface area contributed by atoms with Crippen molar-refractivity contribution in [2.45, 2.75) is 19.4 Å². The van der Waals surface area contributed by atoms with Gasteiger partial charge in [0.15, 0.2) is 0 Å². The van der Waals surface area contributed by atoms with E-state index in [1.165, 1.54) is 10.1 Å². The molecule has 0 aliphatic carbocycles. The lowest BCUT2D eigenvalue weighted by Gasteiger charge is -2.09. The number of hydrogen-bond donors (Lipinski definition) is 4. The maximum absolute atomic E-state index is 12.7. The lowest BCUT2D eigenvalue weighted by Crippen LogP contribution is -2.18. The predicted molar refractivity (Wildman–Crippen MR) is 150 cm³/mol. The fourth-order valence-electron chi connectivity index (χ4n) is 4.59. The second-order valence-corrected chi connectivity index (χ2v) is 9.76. The number of aromatic amines is 2. The normalized spacial score (nSPS) is 11.3. The summed E-state index contributed by atoms with van der Waals surface area (Å²) >= 11 is 0. The van der Waals surface area contributed by atoms with Gasteiger partial charge in [-0.2, -0.15) is 0 Å². The van der Waals surface area contributed by atoms with Gasteiger partial charge in [0.1, 0.15) is 0 Å². The molecule has 2 aromatic heterocycles. The second-order valence-electron chi connectivity index (χ2n) is 9.76. The van der Waals surface area contributed by atoms with E-state index in [9.17, 15) is 14.7 Å². The van der Waals surface area contributed by atoms with E-state index in [0.717, 1.165) is 35.0 Å². The highest BCUT2D eigenvalue weighted by Crippen LogP contribution is 2.24. The third-order valence-electron chi connectivity index (χ3n) is 6.63. The molecule has 1 amide bonds. The molecular formula is C30H31N5O3. The Bertz CT molecular complexity index is 1630. The van der Waals surface area contributed by atoms with Crippen molar-refractivity contribution >= 4 is 22.5 Å². The van der Waals surface area contributed by atoms with Crippen LogP contribution in [-0.2, 0) is 19.4 Å². The van der Waals surface area contributed by atoms with Crippen molar-refractivity contribution in [3.05, 3.63) is 117 Å². The summed E-state index contributed by atoms with van der Waals surface area (Å²) in [5, 5.41) is 14.9. The van der Waals surface area contributed by atoms with Gasteiger partial charge >= 0.3 is 5.69 Å². The number of aromatic hydroxyl groups is 1. The fourth-order valence-corrected chi connectivity index (χ4v) is 4.59. The largest absolute Gasteiger partial charge is 0.493 e. The molecule has 0 fully saturated rings. The molecule has 2 heterocycles. The van der Waals surface area contributed by atoms with Crippen LogP contribution in [0.5, 0.6) is 5.88 Å². The average Bonchev–Trinajstić information content (AvgIpc) is 3.43. The second kappa shape index (κ2) is 10.8. The first kappa shape index (κ1) is 25.1. The number of H-pyrrole nitrogens is 2. The number of amides is 1. The van der Waals surface area contributed by atoms with Crippen molar-refractivity contribution in [3.63, 3.8) is 0 Å². The van der Waals surface area contributed by atoms with Crippen LogP contribution in [0.4, 0.5) is 5.69 Å². The van der Waals surface area contributed by atoms with Crippen molar-refractivity contribution in [3.8, 4) is 5.88 Å². The molecule has 8 heteroatoms.